The summed E-state index contributed by atoms with van der Waals surface area (Å²) in [7, 11) is 0. The van der Waals surface area contributed by atoms with Crippen molar-refractivity contribution in [2.45, 2.75) is 6.10 Å². The van der Waals surface area contributed by atoms with Crippen LogP contribution >= 0.6 is 15.9 Å². The molecule has 0 aromatic heterocycles. The minimum absolute atomic E-state index is 0.151. The van der Waals surface area contributed by atoms with E-state index in [0.29, 0.717) is 6.61 Å². The molecule has 1 aromatic carbocycles. The van der Waals surface area contributed by atoms with Gasteiger partial charge in [-0.1, -0.05) is 15.9 Å². The topological polar surface area (TPSA) is 21.8 Å². The smallest absolute Gasteiger partial charge is 0.165 e. The maximum atomic E-state index is 13.1. The van der Waals surface area contributed by atoms with Crippen molar-refractivity contribution in [1.29, 1.82) is 0 Å². The van der Waals surface area contributed by atoms with Gasteiger partial charge >= 0.3 is 0 Å². The Kier molecular flexibility index (Phi) is 2.51. The molecule has 0 aliphatic carbocycles. The Labute approximate surface area is 83.8 Å². The van der Waals surface area contributed by atoms with E-state index in [1.807, 2.05) is 0 Å². The predicted molar refractivity (Wildman–Crippen MR) is 49.3 cm³/mol. The summed E-state index contributed by atoms with van der Waals surface area (Å²) in [6, 6.07) is 4.61. The number of benzene rings is 1. The first-order valence-electron chi connectivity index (χ1n) is 3.95. The lowest BCUT2D eigenvalue weighted by Crippen LogP contribution is -2.05. The molecule has 0 spiro atoms. The second-order valence-electron chi connectivity index (χ2n) is 2.84. The van der Waals surface area contributed by atoms with Gasteiger partial charge in [0, 0.05) is 4.47 Å². The lowest BCUT2D eigenvalue weighted by Gasteiger charge is -2.05. The Morgan fingerprint density at radius 2 is 2.38 bits per heavy atom. The second-order valence-corrected chi connectivity index (χ2v) is 3.76. The van der Waals surface area contributed by atoms with Gasteiger partial charge in [0.05, 0.1) is 6.61 Å². The minimum atomic E-state index is -0.344. The van der Waals surface area contributed by atoms with Crippen molar-refractivity contribution in [1.82, 2.24) is 0 Å². The molecule has 2 nitrogen and oxygen atoms in total. The highest BCUT2D eigenvalue weighted by Gasteiger charge is 2.23. The fourth-order valence-corrected chi connectivity index (χ4v) is 1.27. The van der Waals surface area contributed by atoms with Crippen LogP contribution in [-0.4, -0.2) is 19.3 Å². The molecule has 0 radical (unpaired) electrons. The molecular weight excluding hydrogens is 239 g/mol. The van der Waals surface area contributed by atoms with Crippen molar-refractivity contribution in [2.75, 3.05) is 13.2 Å². The SMILES string of the molecule is Fc1ccc(Br)cc1OC[C@H]1CO1. The van der Waals surface area contributed by atoms with Gasteiger partial charge in [-0.05, 0) is 18.2 Å². The lowest BCUT2D eigenvalue weighted by molar-refractivity contribution is 0.253. The van der Waals surface area contributed by atoms with Crippen molar-refractivity contribution in [3.8, 4) is 5.75 Å². The van der Waals surface area contributed by atoms with Gasteiger partial charge in [-0.2, -0.15) is 0 Å². The highest BCUT2D eigenvalue weighted by molar-refractivity contribution is 9.10. The van der Waals surface area contributed by atoms with Crippen molar-refractivity contribution in [3.05, 3.63) is 28.5 Å². The van der Waals surface area contributed by atoms with Gasteiger partial charge in [-0.3, -0.25) is 0 Å². The van der Waals surface area contributed by atoms with Crippen LogP contribution in [0.2, 0.25) is 0 Å². The Morgan fingerprint density at radius 3 is 3.08 bits per heavy atom. The van der Waals surface area contributed by atoms with E-state index in [9.17, 15) is 4.39 Å². The Bertz CT molecular complexity index is 312. The monoisotopic (exact) mass is 246 g/mol. The summed E-state index contributed by atoms with van der Waals surface area (Å²) < 4.78 is 24.0. The Balaban J connectivity index is 2.03. The summed E-state index contributed by atoms with van der Waals surface area (Å²) in [5.41, 5.74) is 0. The van der Waals surface area contributed by atoms with Crippen molar-refractivity contribution in [2.24, 2.45) is 0 Å². The third kappa shape index (κ3) is 2.42. The van der Waals surface area contributed by atoms with Gasteiger partial charge in [-0.15, -0.1) is 0 Å². The summed E-state index contributed by atoms with van der Waals surface area (Å²) in [4.78, 5) is 0. The molecular formula is C9H8BrFO2. The molecule has 13 heavy (non-hydrogen) atoms. The summed E-state index contributed by atoms with van der Waals surface area (Å²) in [6.45, 7) is 1.14. The summed E-state index contributed by atoms with van der Waals surface area (Å²) in [5.74, 6) is -0.0753. The van der Waals surface area contributed by atoms with E-state index in [1.54, 1.807) is 12.1 Å². The molecule has 0 unspecified atom stereocenters. The van der Waals surface area contributed by atoms with Gasteiger partial charge in [0.1, 0.15) is 12.7 Å². The van der Waals surface area contributed by atoms with Crippen LogP contribution in [0.15, 0.2) is 22.7 Å². The molecule has 1 heterocycles. The first kappa shape index (κ1) is 8.97. The van der Waals surface area contributed by atoms with E-state index >= 15 is 0 Å². The average molecular weight is 247 g/mol. The highest BCUT2D eigenvalue weighted by Crippen LogP contribution is 2.23. The van der Waals surface area contributed by atoms with Gasteiger partial charge in [0.25, 0.3) is 0 Å². The lowest BCUT2D eigenvalue weighted by atomic mass is 10.3. The van der Waals surface area contributed by atoms with Crippen LogP contribution in [0.4, 0.5) is 4.39 Å². The first-order valence-corrected chi connectivity index (χ1v) is 4.74. The number of halogens is 2. The zero-order valence-electron chi connectivity index (χ0n) is 6.80. The fourth-order valence-electron chi connectivity index (χ4n) is 0.935. The summed E-state index contributed by atoms with van der Waals surface area (Å²) in [5, 5.41) is 0. The Morgan fingerprint density at radius 1 is 1.62 bits per heavy atom. The molecule has 70 valence electrons. The Hall–Kier alpha value is -0.610. The first-order chi connectivity index (χ1) is 6.25. The van der Waals surface area contributed by atoms with E-state index < -0.39 is 0 Å². The third-order valence-electron chi connectivity index (χ3n) is 1.72. The van der Waals surface area contributed by atoms with E-state index in [-0.39, 0.29) is 17.7 Å². The van der Waals surface area contributed by atoms with Crippen LogP contribution in [0.1, 0.15) is 0 Å². The predicted octanol–water partition coefficient (Wildman–Crippen LogP) is 2.37. The number of hydrogen-bond acceptors (Lipinski definition) is 2. The largest absolute Gasteiger partial charge is 0.488 e. The van der Waals surface area contributed by atoms with E-state index in [1.165, 1.54) is 6.07 Å². The standard InChI is InChI=1S/C9H8BrFO2/c10-6-1-2-8(11)9(3-6)13-5-7-4-12-7/h1-3,7H,4-5H2/t7-/m1/s1. The molecule has 1 fully saturated rings. The molecule has 0 saturated carbocycles. The van der Waals surface area contributed by atoms with Crippen LogP contribution in [0, 0.1) is 5.82 Å². The van der Waals surface area contributed by atoms with E-state index in [0.717, 1.165) is 11.1 Å². The molecule has 1 aliphatic rings. The zero-order chi connectivity index (χ0) is 9.26. The minimum Gasteiger partial charge on any atom is -0.488 e. The molecule has 1 atom stereocenters. The van der Waals surface area contributed by atoms with Crippen LogP contribution in [0.3, 0.4) is 0 Å². The fraction of sp³-hybridized carbons (Fsp3) is 0.333. The van der Waals surface area contributed by atoms with Crippen LogP contribution in [0.25, 0.3) is 0 Å². The quantitative estimate of drug-likeness (QED) is 0.765. The normalized spacial score (nSPS) is 20.0. The highest BCUT2D eigenvalue weighted by atomic mass is 79.9. The van der Waals surface area contributed by atoms with Crippen LogP contribution < -0.4 is 4.74 Å². The van der Waals surface area contributed by atoms with E-state index in [2.05, 4.69) is 15.9 Å². The van der Waals surface area contributed by atoms with Crippen molar-refractivity contribution in [3.63, 3.8) is 0 Å². The third-order valence-corrected chi connectivity index (χ3v) is 2.21. The number of ether oxygens (including phenoxy) is 2. The van der Waals surface area contributed by atoms with Crippen LogP contribution in [0.5, 0.6) is 5.75 Å². The number of rotatable bonds is 3. The van der Waals surface area contributed by atoms with E-state index in [4.69, 9.17) is 9.47 Å². The van der Waals surface area contributed by atoms with Crippen molar-refractivity contribution < 1.29 is 13.9 Å². The molecule has 0 bridgehead atoms. The molecule has 0 amide bonds. The maximum Gasteiger partial charge on any atom is 0.165 e. The number of epoxide rings is 1. The summed E-state index contributed by atoms with van der Waals surface area (Å²) in [6.07, 6.45) is 0.151. The van der Waals surface area contributed by atoms with Gasteiger partial charge < -0.3 is 9.47 Å². The molecule has 0 N–H and O–H groups in total. The average Bonchev–Trinajstić information content (AvgIpc) is 2.90. The summed E-state index contributed by atoms with van der Waals surface area (Å²) >= 11 is 3.24. The number of hydrogen-bond donors (Lipinski definition) is 0. The van der Waals surface area contributed by atoms with Gasteiger partial charge in [0.15, 0.2) is 11.6 Å². The van der Waals surface area contributed by atoms with Crippen molar-refractivity contribution >= 4 is 15.9 Å². The second kappa shape index (κ2) is 3.64. The zero-order valence-corrected chi connectivity index (χ0v) is 8.38. The molecule has 2 rings (SSSR count). The molecule has 1 saturated heterocycles. The van der Waals surface area contributed by atoms with Gasteiger partial charge in [0.2, 0.25) is 0 Å². The molecule has 4 heteroatoms. The molecule has 1 aliphatic heterocycles. The molecule has 1 aromatic rings. The maximum absolute atomic E-state index is 13.1. The van der Waals surface area contributed by atoms with Crippen LogP contribution in [-0.2, 0) is 4.74 Å². The van der Waals surface area contributed by atoms with Gasteiger partial charge in [-0.25, -0.2) is 4.39 Å².